The molecule has 0 amide bonds. The van der Waals surface area contributed by atoms with Crippen LogP contribution in [0.1, 0.15) is 179 Å². The molecule has 0 fully saturated rings. The molecule has 0 heterocycles. The van der Waals surface area contributed by atoms with Crippen molar-refractivity contribution in [3.63, 3.8) is 0 Å². The van der Waals surface area contributed by atoms with Gasteiger partial charge in [-0.05, 0) is 36.8 Å². The van der Waals surface area contributed by atoms with Gasteiger partial charge in [0.25, 0.3) is 0 Å². The van der Waals surface area contributed by atoms with Gasteiger partial charge in [0, 0.05) is 4.90 Å². The molecule has 0 N–H and O–H groups in total. The van der Waals surface area contributed by atoms with E-state index in [4.69, 9.17) is 11.8 Å². The molecule has 0 aliphatic heterocycles. The third-order valence-corrected chi connectivity index (χ3v) is 10.8. The molecule has 0 saturated carbocycles. The maximum Gasteiger partial charge on any atom is 2.00 e. The second kappa shape index (κ2) is 28.5. The Morgan fingerprint density at radius 2 is 0.800 bits per heavy atom. The molecule has 0 unspecified atom stereocenters. The third kappa shape index (κ3) is 24.2. The molecule has 228 valence electrons. The summed E-state index contributed by atoms with van der Waals surface area (Å²) in [7, 11) is 0. The van der Waals surface area contributed by atoms with Crippen molar-refractivity contribution >= 4 is 28.9 Å². The number of hydrogen-bond acceptors (Lipinski definition) is 4. The fourth-order valence-electron chi connectivity index (χ4n) is 5.57. The van der Waals surface area contributed by atoms with Gasteiger partial charge in [-0.3, -0.25) is 0 Å². The molecule has 1 rings (SSSR count). The minimum absolute atomic E-state index is 0. The van der Waals surface area contributed by atoms with E-state index in [-0.39, 0.29) is 19.5 Å². The van der Waals surface area contributed by atoms with E-state index >= 15 is 0 Å². The van der Waals surface area contributed by atoms with Gasteiger partial charge < -0.3 is 9.79 Å². The Morgan fingerprint density at radius 3 is 1.07 bits per heavy atom. The zero-order chi connectivity index (χ0) is 28.4. The number of unbranched alkanes of at least 4 members (excludes halogenated alkanes) is 22. The van der Waals surface area contributed by atoms with Crippen LogP contribution >= 0.6 is 17.1 Å². The SMILES string of the molecule is CCCCCCCCCCCCCCc1cccc(CCCCCCCCCCCCCC)c1SP([O-])([O-])=S.[Zn+2]. The normalized spacial score (nSPS) is 11.6. The van der Waals surface area contributed by atoms with Crippen molar-refractivity contribution in [1.82, 2.24) is 0 Å². The van der Waals surface area contributed by atoms with E-state index in [1.54, 1.807) is 0 Å². The first-order valence-electron chi connectivity index (χ1n) is 16.8. The van der Waals surface area contributed by atoms with E-state index in [0.29, 0.717) is 0 Å². The summed E-state index contributed by atoms with van der Waals surface area (Å²) in [6, 6.07) is 6.37. The maximum atomic E-state index is 12.1. The van der Waals surface area contributed by atoms with Crippen molar-refractivity contribution in [2.24, 2.45) is 0 Å². The van der Waals surface area contributed by atoms with Gasteiger partial charge in [-0.15, -0.1) is 23.2 Å². The van der Waals surface area contributed by atoms with Crippen molar-refractivity contribution in [1.29, 1.82) is 0 Å². The fraction of sp³-hybridized carbons (Fsp3) is 0.824. The second-order valence-corrected chi connectivity index (χ2v) is 17.3. The standard InChI is InChI=1S/C34H63O2PS2.Zn/c1-3-5-7-9-11-13-15-17-19-21-23-25-28-32-30-27-31-33(34(32)39-37(35,36)38)29-26-24-22-20-18-16-14-12-10-8-6-4-2;/h27,30-31H,3-26,28-29H2,1-2H3,(H2,35,36,38);/q;+2/p-2. The predicted octanol–water partition coefficient (Wildman–Crippen LogP) is 11.2. The van der Waals surface area contributed by atoms with E-state index in [1.165, 1.54) is 152 Å². The van der Waals surface area contributed by atoms with Crippen LogP contribution in [-0.4, -0.2) is 0 Å². The van der Waals surface area contributed by atoms with Gasteiger partial charge in [-0.1, -0.05) is 173 Å². The first-order valence-corrected chi connectivity index (χ1v) is 20.9. The monoisotopic (exact) mass is 660 g/mol. The summed E-state index contributed by atoms with van der Waals surface area (Å²) in [4.78, 5) is 25.1. The van der Waals surface area contributed by atoms with Gasteiger partial charge in [0.05, 0.1) is 0 Å². The molecule has 0 spiro atoms. The van der Waals surface area contributed by atoms with E-state index in [1.807, 2.05) is 0 Å². The van der Waals surface area contributed by atoms with E-state index in [9.17, 15) is 9.79 Å². The zero-order valence-electron chi connectivity index (χ0n) is 26.4. The van der Waals surface area contributed by atoms with Crippen LogP contribution in [0.4, 0.5) is 0 Å². The molecule has 40 heavy (non-hydrogen) atoms. The van der Waals surface area contributed by atoms with Crippen LogP contribution in [0.5, 0.6) is 0 Å². The maximum absolute atomic E-state index is 12.1. The van der Waals surface area contributed by atoms with Crippen LogP contribution in [0.2, 0.25) is 0 Å². The van der Waals surface area contributed by atoms with Gasteiger partial charge >= 0.3 is 19.5 Å². The largest absolute Gasteiger partial charge is 2.00 e. The summed E-state index contributed by atoms with van der Waals surface area (Å²) in [5, 5.41) is 0. The van der Waals surface area contributed by atoms with Crippen LogP contribution in [0.3, 0.4) is 0 Å². The Kier molecular flexibility index (Phi) is 29.1. The van der Waals surface area contributed by atoms with Crippen molar-refractivity contribution in [2.75, 3.05) is 0 Å². The third-order valence-electron chi connectivity index (χ3n) is 7.98. The van der Waals surface area contributed by atoms with Gasteiger partial charge in [-0.2, -0.15) is 5.69 Å². The molecule has 0 aliphatic carbocycles. The van der Waals surface area contributed by atoms with Gasteiger partial charge in [-0.25, -0.2) is 0 Å². The fourth-order valence-corrected chi connectivity index (χ4v) is 8.42. The number of aryl methyl sites for hydroxylation is 2. The molecule has 2 nitrogen and oxygen atoms in total. The first-order chi connectivity index (χ1) is 19.0. The minimum Gasteiger partial charge on any atom is -0.824 e. The average molecular weight is 662 g/mol. The molecule has 0 aliphatic rings. The average Bonchev–Trinajstić information content (AvgIpc) is 2.90. The zero-order valence-corrected chi connectivity index (χ0v) is 31.9. The molecular weight excluding hydrogens is 601 g/mol. The molecule has 0 radical (unpaired) electrons. The van der Waals surface area contributed by atoms with Crippen molar-refractivity contribution in [3.8, 4) is 0 Å². The predicted molar refractivity (Wildman–Crippen MR) is 176 cm³/mol. The van der Waals surface area contributed by atoms with Crippen molar-refractivity contribution in [3.05, 3.63) is 29.3 Å². The summed E-state index contributed by atoms with van der Waals surface area (Å²) in [6.45, 7) is 4.55. The quantitative estimate of drug-likeness (QED) is 0.0509. The summed E-state index contributed by atoms with van der Waals surface area (Å²) in [5.74, 6) is 0. The smallest absolute Gasteiger partial charge is 0.824 e. The molecule has 0 atom stereocenters. The second-order valence-electron chi connectivity index (χ2n) is 11.7. The Balaban J connectivity index is 0.0000152. The van der Waals surface area contributed by atoms with E-state index < -0.39 is 5.69 Å². The molecule has 1 aromatic rings. The molecular formula is C34H61O2PS2Zn. The van der Waals surface area contributed by atoms with E-state index in [0.717, 1.165) is 42.0 Å². The molecule has 1 aromatic carbocycles. The van der Waals surface area contributed by atoms with E-state index in [2.05, 4.69) is 32.0 Å². The number of benzene rings is 1. The number of hydrogen-bond donors (Lipinski definition) is 0. The van der Waals surface area contributed by atoms with Gasteiger partial charge in [0.2, 0.25) is 0 Å². The summed E-state index contributed by atoms with van der Waals surface area (Å²) in [6.07, 6.45) is 34.0. The van der Waals surface area contributed by atoms with Crippen LogP contribution in [-0.2, 0) is 44.1 Å². The van der Waals surface area contributed by atoms with Crippen molar-refractivity contribution in [2.45, 2.75) is 186 Å². The van der Waals surface area contributed by atoms with Crippen LogP contribution in [0.15, 0.2) is 23.1 Å². The van der Waals surface area contributed by atoms with Crippen LogP contribution < -0.4 is 9.79 Å². The van der Waals surface area contributed by atoms with Crippen molar-refractivity contribution < 1.29 is 29.3 Å². The van der Waals surface area contributed by atoms with Crippen LogP contribution in [0, 0.1) is 0 Å². The molecule has 0 saturated heterocycles. The van der Waals surface area contributed by atoms with Gasteiger partial charge in [0.1, 0.15) is 0 Å². The summed E-state index contributed by atoms with van der Waals surface area (Å²) in [5.41, 5.74) is -1.46. The number of rotatable bonds is 28. The summed E-state index contributed by atoms with van der Waals surface area (Å²) >= 11 is 5.75. The molecule has 0 bridgehead atoms. The molecule has 0 aromatic heterocycles. The Bertz CT molecular complexity index is 694. The first kappa shape index (κ1) is 40.8. The Morgan fingerprint density at radius 1 is 0.525 bits per heavy atom. The van der Waals surface area contributed by atoms with Gasteiger partial charge in [0.15, 0.2) is 0 Å². The van der Waals surface area contributed by atoms with Crippen LogP contribution in [0.25, 0.3) is 0 Å². The Labute approximate surface area is 271 Å². The minimum atomic E-state index is -3.83. The Hall–Kier alpha value is 0.763. The molecule has 6 heteroatoms. The summed E-state index contributed by atoms with van der Waals surface area (Å²) < 4.78 is 0. The topological polar surface area (TPSA) is 46.1 Å².